The molecule has 2 amide bonds. The number of nitro groups is 1. The van der Waals surface area contributed by atoms with E-state index in [9.17, 15) is 19.7 Å². The van der Waals surface area contributed by atoms with Crippen LogP contribution in [0.3, 0.4) is 0 Å². The van der Waals surface area contributed by atoms with Crippen LogP contribution < -0.4 is 4.90 Å². The Bertz CT molecular complexity index is 1050. The van der Waals surface area contributed by atoms with Gasteiger partial charge in [-0.1, -0.05) is 0 Å². The lowest BCUT2D eigenvalue weighted by atomic mass is 9.79. The Morgan fingerprint density at radius 1 is 0.889 bits per heavy atom. The number of piperidine rings is 2. The normalized spacial score (nSPS) is 17.1. The van der Waals surface area contributed by atoms with Crippen LogP contribution in [0.2, 0.25) is 0 Å². The molecule has 0 radical (unpaired) electrons. The summed E-state index contributed by atoms with van der Waals surface area (Å²) in [5.74, 6) is 1.23. The molecule has 2 saturated heterocycles. The molecule has 0 spiro atoms. The maximum Gasteiger partial charge on any atom is 0.410 e. The molecule has 0 aliphatic carbocycles. The van der Waals surface area contributed by atoms with Crippen molar-refractivity contribution >= 4 is 23.4 Å². The molecule has 0 atom stereocenters. The fourth-order valence-electron chi connectivity index (χ4n) is 5.16. The van der Waals surface area contributed by atoms with Crippen LogP contribution in [0.15, 0.2) is 48.5 Å². The fraction of sp³-hybridized carbons (Fsp3) is 0.481. The van der Waals surface area contributed by atoms with Crippen molar-refractivity contribution in [2.45, 2.75) is 32.3 Å². The number of anilines is 1. The second-order valence-corrected chi connectivity index (χ2v) is 9.87. The maximum atomic E-state index is 12.9. The van der Waals surface area contributed by atoms with Crippen LogP contribution in [0.1, 0.15) is 41.6 Å². The zero-order chi connectivity index (χ0) is 25.7. The summed E-state index contributed by atoms with van der Waals surface area (Å²) in [4.78, 5) is 41.4. The van der Waals surface area contributed by atoms with E-state index in [1.165, 1.54) is 12.1 Å². The second kappa shape index (κ2) is 11.4. The number of nitrogens with zero attached hydrogens (tertiary/aromatic N) is 4. The van der Waals surface area contributed by atoms with E-state index < -0.39 is 4.92 Å². The fourth-order valence-corrected chi connectivity index (χ4v) is 5.16. The van der Waals surface area contributed by atoms with Crippen LogP contribution in [0, 0.1) is 22.0 Å². The van der Waals surface area contributed by atoms with Gasteiger partial charge in [-0.2, -0.15) is 0 Å². The van der Waals surface area contributed by atoms with E-state index in [0.717, 1.165) is 55.6 Å². The molecule has 2 aromatic carbocycles. The molecular formula is C27H34N4O5. The first-order valence-corrected chi connectivity index (χ1v) is 12.5. The van der Waals surface area contributed by atoms with E-state index in [4.69, 9.17) is 4.74 Å². The average Bonchev–Trinajstić information content (AvgIpc) is 2.91. The standard InChI is InChI=1S/C27H34N4O5/c1-28(2)24-9-5-23(6-10-24)26(32)29-15-11-21(12-16-29)22-13-17-30(18-14-22)27(33)36-19-20-3-7-25(8-4-20)31(34)35/h3-10,21-22H,11-19H2,1-2H3. The van der Waals surface area contributed by atoms with Gasteiger partial charge in [0.2, 0.25) is 0 Å². The van der Waals surface area contributed by atoms with Crippen molar-refractivity contribution in [3.05, 3.63) is 69.8 Å². The topological polar surface area (TPSA) is 96.2 Å². The lowest BCUT2D eigenvalue weighted by Crippen LogP contribution is -2.44. The number of carbonyl (C=O) groups excluding carboxylic acids is 2. The largest absolute Gasteiger partial charge is 0.445 e. The van der Waals surface area contributed by atoms with E-state index in [-0.39, 0.29) is 24.3 Å². The Hall–Kier alpha value is -3.62. The van der Waals surface area contributed by atoms with Gasteiger partial charge >= 0.3 is 6.09 Å². The Labute approximate surface area is 211 Å². The molecule has 2 heterocycles. The number of rotatable bonds is 6. The predicted octanol–water partition coefficient (Wildman–Crippen LogP) is 4.56. The van der Waals surface area contributed by atoms with Crippen molar-refractivity contribution in [2.75, 3.05) is 45.2 Å². The van der Waals surface area contributed by atoms with E-state index in [1.807, 2.05) is 48.2 Å². The molecule has 4 rings (SSSR count). The van der Waals surface area contributed by atoms with Crippen molar-refractivity contribution in [1.29, 1.82) is 0 Å². The van der Waals surface area contributed by atoms with Gasteiger partial charge in [-0.25, -0.2) is 4.79 Å². The lowest BCUT2D eigenvalue weighted by molar-refractivity contribution is -0.384. The minimum Gasteiger partial charge on any atom is -0.445 e. The number of hydrogen-bond acceptors (Lipinski definition) is 6. The molecule has 36 heavy (non-hydrogen) atoms. The van der Waals surface area contributed by atoms with Gasteiger partial charge in [0.05, 0.1) is 4.92 Å². The third kappa shape index (κ3) is 6.13. The zero-order valence-electron chi connectivity index (χ0n) is 21.0. The summed E-state index contributed by atoms with van der Waals surface area (Å²) in [6.45, 7) is 2.98. The third-order valence-electron chi connectivity index (χ3n) is 7.43. The molecule has 2 fully saturated rings. The minimum absolute atomic E-state index is 0.0148. The van der Waals surface area contributed by atoms with Gasteiger partial charge in [0.25, 0.3) is 11.6 Å². The third-order valence-corrected chi connectivity index (χ3v) is 7.43. The van der Waals surface area contributed by atoms with Crippen LogP contribution >= 0.6 is 0 Å². The summed E-state index contributed by atoms with van der Waals surface area (Å²) in [6.07, 6.45) is 3.54. The first-order valence-electron chi connectivity index (χ1n) is 12.5. The summed E-state index contributed by atoms with van der Waals surface area (Å²) in [5.41, 5.74) is 2.55. The number of ether oxygens (including phenoxy) is 1. The van der Waals surface area contributed by atoms with Gasteiger partial charge in [-0.3, -0.25) is 14.9 Å². The van der Waals surface area contributed by atoms with E-state index in [0.29, 0.717) is 24.9 Å². The molecule has 2 aromatic rings. The van der Waals surface area contributed by atoms with Crippen molar-refractivity contribution in [1.82, 2.24) is 9.80 Å². The minimum atomic E-state index is -0.453. The summed E-state index contributed by atoms with van der Waals surface area (Å²) in [5, 5.41) is 10.8. The number of nitro benzene ring substituents is 1. The summed E-state index contributed by atoms with van der Waals surface area (Å²) < 4.78 is 5.42. The van der Waals surface area contributed by atoms with Crippen LogP contribution in [0.4, 0.5) is 16.2 Å². The van der Waals surface area contributed by atoms with Crippen molar-refractivity contribution < 1.29 is 19.2 Å². The number of amides is 2. The van der Waals surface area contributed by atoms with Crippen molar-refractivity contribution in [3.8, 4) is 0 Å². The molecule has 2 aliphatic rings. The molecule has 9 heteroatoms. The Morgan fingerprint density at radius 3 is 1.92 bits per heavy atom. The molecular weight excluding hydrogens is 460 g/mol. The van der Waals surface area contributed by atoms with E-state index in [2.05, 4.69) is 0 Å². The molecule has 0 bridgehead atoms. The van der Waals surface area contributed by atoms with Gasteiger partial charge in [0, 0.05) is 63.7 Å². The Kier molecular flexibility index (Phi) is 8.07. The average molecular weight is 495 g/mol. The number of hydrogen-bond donors (Lipinski definition) is 0. The molecule has 2 aliphatic heterocycles. The van der Waals surface area contributed by atoms with Crippen molar-refractivity contribution in [2.24, 2.45) is 11.8 Å². The smallest absolute Gasteiger partial charge is 0.410 e. The highest BCUT2D eigenvalue weighted by Gasteiger charge is 2.32. The molecule has 0 saturated carbocycles. The number of benzene rings is 2. The summed E-state index contributed by atoms with van der Waals surface area (Å²) >= 11 is 0. The molecule has 0 N–H and O–H groups in total. The summed E-state index contributed by atoms with van der Waals surface area (Å²) in [6, 6.07) is 13.8. The van der Waals surface area contributed by atoms with Gasteiger partial charge < -0.3 is 19.4 Å². The first-order chi connectivity index (χ1) is 17.3. The predicted molar refractivity (Wildman–Crippen MR) is 137 cm³/mol. The van der Waals surface area contributed by atoms with Crippen molar-refractivity contribution in [3.63, 3.8) is 0 Å². The molecule has 192 valence electrons. The Morgan fingerprint density at radius 2 is 1.42 bits per heavy atom. The highest BCUT2D eigenvalue weighted by Crippen LogP contribution is 2.33. The second-order valence-electron chi connectivity index (χ2n) is 9.87. The number of carbonyl (C=O) groups is 2. The van der Waals surface area contributed by atoms with Crippen LogP contribution in [-0.4, -0.2) is 67.0 Å². The van der Waals surface area contributed by atoms with Gasteiger partial charge in [-0.15, -0.1) is 0 Å². The lowest BCUT2D eigenvalue weighted by Gasteiger charge is -2.40. The SMILES string of the molecule is CN(C)c1ccc(C(=O)N2CCC(C3CCN(C(=O)OCc4ccc([N+](=O)[O-])cc4)CC3)CC2)cc1. The highest BCUT2D eigenvalue weighted by atomic mass is 16.6. The van der Waals surface area contributed by atoms with Crippen LogP contribution in [0.25, 0.3) is 0 Å². The molecule has 0 aromatic heterocycles. The van der Waals surface area contributed by atoms with Gasteiger partial charge in [-0.05, 0) is 79.5 Å². The van der Waals surface area contributed by atoms with E-state index in [1.54, 1.807) is 17.0 Å². The van der Waals surface area contributed by atoms with Gasteiger partial charge in [0.1, 0.15) is 6.61 Å². The summed E-state index contributed by atoms with van der Waals surface area (Å²) in [7, 11) is 3.97. The quantitative estimate of drug-likeness (QED) is 0.431. The molecule has 0 unspecified atom stereocenters. The molecule has 9 nitrogen and oxygen atoms in total. The van der Waals surface area contributed by atoms with Gasteiger partial charge in [0.15, 0.2) is 0 Å². The maximum absolute atomic E-state index is 12.9. The highest BCUT2D eigenvalue weighted by molar-refractivity contribution is 5.94. The zero-order valence-corrected chi connectivity index (χ0v) is 21.0. The first kappa shape index (κ1) is 25.5. The monoisotopic (exact) mass is 494 g/mol. The van der Waals surface area contributed by atoms with Crippen LogP contribution in [-0.2, 0) is 11.3 Å². The Balaban J connectivity index is 1.19. The number of non-ortho nitro benzene ring substituents is 1. The van der Waals surface area contributed by atoms with E-state index >= 15 is 0 Å². The number of likely N-dealkylation sites (tertiary alicyclic amines) is 2. The van der Waals surface area contributed by atoms with Crippen LogP contribution in [0.5, 0.6) is 0 Å².